The molecule has 1 atom stereocenters. The van der Waals surface area contributed by atoms with Crippen molar-refractivity contribution in [2.45, 2.75) is 19.8 Å². The van der Waals surface area contributed by atoms with Crippen LogP contribution in [0.1, 0.15) is 19.8 Å². The van der Waals surface area contributed by atoms with Gasteiger partial charge in [0.1, 0.15) is 5.78 Å². The number of allylic oxidation sites excluding steroid dienone is 4. The molecule has 0 aromatic heterocycles. The first-order valence-electron chi connectivity index (χ1n) is 3.82. The minimum absolute atomic E-state index is 0.0533. The lowest BCUT2D eigenvalue weighted by Crippen LogP contribution is -2.06. The highest BCUT2D eigenvalue weighted by molar-refractivity contribution is 6.31. The van der Waals surface area contributed by atoms with Crippen LogP contribution in [0.5, 0.6) is 0 Å². The van der Waals surface area contributed by atoms with E-state index < -0.39 is 0 Å². The van der Waals surface area contributed by atoms with Crippen LogP contribution in [-0.4, -0.2) is 5.78 Å². The monoisotopic (exact) mass is 170 g/mol. The predicted octanol–water partition coefficient (Wildman–Crippen LogP) is 2.66. The number of ketones is 1. The topological polar surface area (TPSA) is 17.1 Å². The average molecular weight is 171 g/mol. The number of hydrogen-bond acceptors (Lipinski definition) is 1. The molecule has 11 heavy (non-hydrogen) atoms. The lowest BCUT2D eigenvalue weighted by molar-refractivity contribution is -0.120. The molecule has 0 aromatic rings. The van der Waals surface area contributed by atoms with Crippen molar-refractivity contribution < 1.29 is 4.79 Å². The first-order valence-corrected chi connectivity index (χ1v) is 4.20. The van der Waals surface area contributed by atoms with Crippen LogP contribution in [-0.2, 0) is 4.79 Å². The van der Waals surface area contributed by atoms with Crippen LogP contribution in [0.25, 0.3) is 0 Å². The highest BCUT2D eigenvalue weighted by atomic mass is 35.5. The SMILES string of the molecule is CCCC(=O)C1C=CC(Cl)=C1. The van der Waals surface area contributed by atoms with Crippen molar-refractivity contribution in [3.63, 3.8) is 0 Å². The van der Waals surface area contributed by atoms with E-state index in [0.29, 0.717) is 11.5 Å². The van der Waals surface area contributed by atoms with Crippen molar-refractivity contribution in [1.29, 1.82) is 0 Å². The molecular formula is C9H11ClO. The van der Waals surface area contributed by atoms with Gasteiger partial charge in [-0.05, 0) is 12.5 Å². The van der Waals surface area contributed by atoms with Crippen molar-refractivity contribution >= 4 is 17.4 Å². The summed E-state index contributed by atoms with van der Waals surface area (Å²) in [6, 6.07) is 0. The van der Waals surface area contributed by atoms with Gasteiger partial charge in [-0.3, -0.25) is 4.79 Å². The van der Waals surface area contributed by atoms with Crippen molar-refractivity contribution in [1.82, 2.24) is 0 Å². The van der Waals surface area contributed by atoms with Crippen LogP contribution in [0, 0.1) is 5.92 Å². The fourth-order valence-corrected chi connectivity index (χ4v) is 1.30. The quantitative estimate of drug-likeness (QED) is 0.637. The van der Waals surface area contributed by atoms with E-state index in [1.165, 1.54) is 0 Å². The van der Waals surface area contributed by atoms with Gasteiger partial charge in [0.15, 0.2) is 0 Å². The minimum atomic E-state index is -0.0533. The van der Waals surface area contributed by atoms with Crippen LogP contribution < -0.4 is 0 Å². The summed E-state index contributed by atoms with van der Waals surface area (Å²) in [5.74, 6) is 0.210. The molecule has 0 fully saturated rings. The Hall–Kier alpha value is -0.560. The molecule has 1 aliphatic carbocycles. The zero-order chi connectivity index (χ0) is 8.27. The van der Waals surface area contributed by atoms with Gasteiger partial charge in [0, 0.05) is 11.5 Å². The molecule has 0 spiro atoms. The highest BCUT2D eigenvalue weighted by Crippen LogP contribution is 2.20. The first-order chi connectivity index (χ1) is 5.24. The number of carbonyl (C=O) groups is 1. The van der Waals surface area contributed by atoms with Gasteiger partial charge in [0.2, 0.25) is 0 Å². The summed E-state index contributed by atoms with van der Waals surface area (Å²) in [6.07, 6.45) is 6.98. The summed E-state index contributed by atoms with van der Waals surface area (Å²) in [4.78, 5) is 11.2. The van der Waals surface area contributed by atoms with E-state index >= 15 is 0 Å². The van der Waals surface area contributed by atoms with Crippen LogP contribution in [0.3, 0.4) is 0 Å². The molecule has 0 saturated carbocycles. The van der Waals surface area contributed by atoms with Crippen molar-refractivity contribution in [2.24, 2.45) is 5.92 Å². The van der Waals surface area contributed by atoms with Crippen LogP contribution in [0.4, 0.5) is 0 Å². The number of halogens is 1. The Kier molecular flexibility index (Phi) is 2.89. The van der Waals surface area contributed by atoms with E-state index in [9.17, 15) is 4.79 Å². The van der Waals surface area contributed by atoms with Gasteiger partial charge < -0.3 is 0 Å². The highest BCUT2D eigenvalue weighted by Gasteiger charge is 2.15. The molecule has 0 N–H and O–H groups in total. The lowest BCUT2D eigenvalue weighted by Gasteiger charge is -2.00. The second kappa shape index (κ2) is 3.72. The Morgan fingerprint density at radius 1 is 1.73 bits per heavy atom. The summed E-state index contributed by atoms with van der Waals surface area (Å²) < 4.78 is 0. The Labute approximate surface area is 71.7 Å². The molecule has 0 aliphatic heterocycles. The second-order valence-electron chi connectivity index (χ2n) is 2.65. The molecule has 0 radical (unpaired) electrons. The minimum Gasteiger partial charge on any atom is -0.299 e. The van der Waals surface area contributed by atoms with Gasteiger partial charge in [0.05, 0.1) is 5.92 Å². The summed E-state index contributed by atoms with van der Waals surface area (Å²) >= 11 is 5.67. The van der Waals surface area contributed by atoms with Crippen molar-refractivity contribution in [3.8, 4) is 0 Å². The maximum absolute atomic E-state index is 11.2. The molecule has 0 bridgehead atoms. The second-order valence-corrected chi connectivity index (χ2v) is 3.09. The third-order valence-corrected chi connectivity index (χ3v) is 1.92. The Balaban J connectivity index is 2.51. The predicted molar refractivity (Wildman–Crippen MR) is 46.5 cm³/mol. The number of Topliss-reactive ketones (excluding diaryl/α,β-unsaturated/α-hetero) is 1. The standard InChI is InChI=1S/C9H11ClO/c1-2-3-9(11)7-4-5-8(10)6-7/h4-7H,2-3H2,1H3. The number of carbonyl (C=O) groups excluding carboxylic acids is 1. The van der Waals surface area contributed by atoms with Crippen molar-refractivity contribution in [2.75, 3.05) is 0 Å². The molecule has 1 unspecified atom stereocenters. The maximum Gasteiger partial charge on any atom is 0.143 e. The zero-order valence-electron chi connectivity index (χ0n) is 6.51. The van der Waals surface area contributed by atoms with E-state index in [1.807, 2.05) is 13.0 Å². The fraction of sp³-hybridized carbons (Fsp3) is 0.444. The molecule has 0 amide bonds. The number of hydrogen-bond donors (Lipinski definition) is 0. The Bertz CT molecular complexity index is 216. The van der Waals surface area contributed by atoms with E-state index in [0.717, 1.165) is 6.42 Å². The van der Waals surface area contributed by atoms with Gasteiger partial charge in [-0.25, -0.2) is 0 Å². The molecule has 0 heterocycles. The molecule has 60 valence electrons. The molecule has 0 saturated heterocycles. The third-order valence-electron chi connectivity index (χ3n) is 1.67. The maximum atomic E-state index is 11.2. The molecule has 1 rings (SSSR count). The van der Waals surface area contributed by atoms with Gasteiger partial charge in [-0.2, -0.15) is 0 Å². The van der Waals surface area contributed by atoms with Crippen LogP contribution in [0.2, 0.25) is 0 Å². The van der Waals surface area contributed by atoms with E-state index in [1.54, 1.807) is 12.2 Å². The van der Waals surface area contributed by atoms with Crippen LogP contribution in [0.15, 0.2) is 23.3 Å². The van der Waals surface area contributed by atoms with Gasteiger partial charge in [-0.15, -0.1) is 0 Å². The molecular weight excluding hydrogens is 160 g/mol. The molecule has 2 heteroatoms. The summed E-state index contributed by atoms with van der Waals surface area (Å²) in [7, 11) is 0. The number of rotatable bonds is 3. The first kappa shape index (κ1) is 8.54. The Morgan fingerprint density at radius 2 is 2.45 bits per heavy atom. The average Bonchev–Trinajstić information content (AvgIpc) is 2.36. The summed E-state index contributed by atoms with van der Waals surface area (Å²) in [5, 5.41) is 0.680. The fourth-order valence-electron chi connectivity index (χ4n) is 1.09. The zero-order valence-corrected chi connectivity index (χ0v) is 7.27. The Morgan fingerprint density at radius 3 is 2.91 bits per heavy atom. The molecule has 1 nitrogen and oxygen atoms in total. The third kappa shape index (κ3) is 2.19. The van der Waals surface area contributed by atoms with E-state index in [4.69, 9.17) is 11.6 Å². The van der Waals surface area contributed by atoms with Gasteiger partial charge >= 0.3 is 0 Å². The van der Waals surface area contributed by atoms with Crippen LogP contribution >= 0.6 is 11.6 Å². The van der Waals surface area contributed by atoms with Gasteiger partial charge in [-0.1, -0.05) is 30.7 Å². The normalized spacial score (nSPS) is 22.0. The largest absolute Gasteiger partial charge is 0.299 e. The molecule has 0 aromatic carbocycles. The van der Waals surface area contributed by atoms with Gasteiger partial charge in [0.25, 0.3) is 0 Å². The summed E-state index contributed by atoms with van der Waals surface area (Å²) in [5.41, 5.74) is 0. The smallest absolute Gasteiger partial charge is 0.143 e. The molecule has 1 aliphatic rings. The van der Waals surface area contributed by atoms with E-state index in [-0.39, 0.29) is 11.7 Å². The van der Waals surface area contributed by atoms with Crippen molar-refractivity contribution in [3.05, 3.63) is 23.3 Å². The van der Waals surface area contributed by atoms with E-state index in [2.05, 4.69) is 0 Å². The lowest BCUT2D eigenvalue weighted by atomic mass is 10.0. The summed E-state index contributed by atoms with van der Waals surface area (Å²) in [6.45, 7) is 2.00.